The van der Waals surface area contributed by atoms with E-state index < -0.39 is 0 Å². The van der Waals surface area contributed by atoms with Gasteiger partial charge >= 0.3 is 0 Å². The van der Waals surface area contributed by atoms with Crippen LogP contribution in [0.4, 0.5) is 0 Å². The summed E-state index contributed by atoms with van der Waals surface area (Å²) in [6.45, 7) is 4.64. The standard InChI is InChI=1S/C38H26N6/c1-38(2)30-16-10-9-15-26(30)27-17-18-28-29-19-25-21-39-22-40-31(25)20-32(29)44(34(28)33(27)38)37-42-35(23-11-5-3-6-12-23)41-36(43-37)24-13-7-4-8-14-24/h3-22H,1-2H3. The van der Waals surface area contributed by atoms with Crippen LogP contribution in [0, 0.1) is 0 Å². The molecule has 0 aliphatic heterocycles. The second-order valence-electron chi connectivity index (χ2n) is 11.9. The van der Waals surface area contributed by atoms with Crippen molar-refractivity contribution in [2.45, 2.75) is 19.3 Å². The molecule has 1 aliphatic carbocycles. The van der Waals surface area contributed by atoms with Crippen molar-refractivity contribution in [3.05, 3.63) is 133 Å². The highest BCUT2D eigenvalue weighted by atomic mass is 15.2. The zero-order valence-electron chi connectivity index (χ0n) is 24.2. The van der Waals surface area contributed by atoms with Crippen molar-refractivity contribution in [1.82, 2.24) is 29.5 Å². The monoisotopic (exact) mass is 566 g/mol. The average Bonchev–Trinajstić information content (AvgIpc) is 3.52. The van der Waals surface area contributed by atoms with E-state index in [9.17, 15) is 0 Å². The highest BCUT2D eigenvalue weighted by Crippen LogP contribution is 2.53. The van der Waals surface area contributed by atoms with Crippen LogP contribution < -0.4 is 0 Å². The van der Waals surface area contributed by atoms with Crippen molar-refractivity contribution in [2.24, 2.45) is 0 Å². The van der Waals surface area contributed by atoms with Crippen molar-refractivity contribution < 1.29 is 0 Å². The summed E-state index contributed by atoms with van der Waals surface area (Å²) in [5, 5.41) is 3.25. The van der Waals surface area contributed by atoms with Gasteiger partial charge in [0.15, 0.2) is 11.6 Å². The molecule has 0 spiro atoms. The van der Waals surface area contributed by atoms with Crippen molar-refractivity contribution >= 4 is 32.7 Å². The Balaban J connectivity index is 1.46. The van der Waals surface area contributed by atoms with Gasteiger partial charge in [0.25, 0.3) is 0 Å². The van der Waals surface area contributed by atoms with Crippen LogP contribution in [-0.4, -0.2) is 29.5 Å². The van der Waals surface area contributed by atoms with Crippen molar-refractivity contribution in [1.29, 1.82) is 0 Å². The second kappa shape index (κ2) is 9.12. The summed E-state index contributed by atoms with van der Waals surface area (Å²) in [7, 11) is 0. The Morgan fingerprint density at radius 2 is 1.32 bits per heavy atom. The van der Waals surface area contributed by atoms with Crippen LogP contribution in [0.3, 0.4) is 0 Å². The topological polar surface area (TPSA) is 69.4 Å². The van der Waals surface area contributed by atoms with E-state index in [1.54, 1.807) is 6.33 Å². The summed E-state index contributed by atoms with van der Waals surface area (Å²) in [6, 6.07) is 37.8. The molecular weight excluding hydrogens is 540 g/mol. The van der Waals surface area contributed by atoms with Gasteiger partial charge in [-0.15, -0.1) is 0 Å². The molecule has 6 nitrogen and oxygen atoms in total. The molecule has 0 radical (unpaired) electrons. The molecule has 9 rings (SSSR count). The Morgan fingerprint density at radius 1 is 0.636 bits per heavy atom. The van der Waals surface area contributed by atoms with Crippen LogP contribution in [0.2, 0.25) is 0 Å². The smallest absolute Gasteiger partial charge is 0.238 e. The Morgan fingerprint density at radius 3 is 2.05 bits per heavy atom. The van der Waals surface area contributed by atoms with Crippen molar-refractivity contribution in [3.63, 3.8) is 0 Å². The first kappa shape index (κ1) is 24.8. The molecule has 0 saturated carbocycles. The normalized spacial score (nSPS) is 13.4. The fourth-order valence-electron chi connectivity index (χ4n) is 6.94. The lowest BCUT2D eigenvalue weighted by Gasteiger charge is -2.23. The van der Waals surface area contributed by atoms with E-state index in [1.165, 1.54) is 22.3 Å². The summed E-state index contributed by atoms with van der Waals surface area (Å²) in [5.74, 6) is 1.83. The summed E-state index contributed by atoms with van der Waals surface area (Å²) < 4.78 is 2.24. The molecule has 0 unspecified atom stereocenters. The third-order valence-corrected chi connectivity index (χ3v) is 8.96. The minimum atomic E-state index is -0.242. The summed E-state index contributed by atoms with van der Waals surface area (Å²) in [5.41, 5.74) is 9.70. The second-order valence-corrected chi connectivity index (χ2v) is 11.9. The first-order chi connectivity index (χ1) is 21.6. The van der Waals surface area contributed by atoms with Gasteiger partial charge in [-0.1, -0.05) is 111 Å². The lowest BCUT2D eigenvalue weighted by atomic mass is 9.81. The van der Waals surface area contributed by atoms with Crippen LogP contribution in [-0.2, 0) is 5.41 Å². The van der Waals surface area contributed by atoms with Crippen LogP contribution in [0.1, 0.15) is 25.0 Å². The quantitative estimate of drug-likeness (QED) is 0.214. The van der Waals surface area contributed by atoms with Crippen LogP contribution in [0.25, 0.3) is 72.6 Å². The van der Waals surface area contributed by atoms with Crippen LogP contribution in [0.5, 0.6) is 0 Å². The SMILES string of the molecule is CC1(C)c2ccccc2-c2ccc3c4cc5cncnc5cc4n(-c4nc(-c5ccccc5)nc(-c5ccccc5)n4)c3c21. The Labute approximate surface area is 253 Å². The van der Waals surface area contributed by atoms with Gasteiger partial charge in [-0.2, -0.15) is 9.97 Å². The molecule has 3 heterocycles. The molecule has 5 aromatic carbocycles. The van der Waals surface area contributed by atoms with Crippen LogP contribution in [0.15, 0.2) is 122 Å². The molecule has 208 valence electrons. The number of benzene rings is 5. The van der Waals surface area contributed by atoms with Gasteiger partial charge in [-0.25, -0.2) is 15.0 Å². The summed E-state index contributed by atoms with van der Waals surface area (Å²) in [6.07, 6.45) is 3.48. The Hall–Kier alpha value is -5.75. The predicted molar refractivity (Wildman–Crippen MR) is 176 cm³/mol. The lowest BCUT2D eigenvalue weighted by Crippen LogP contribution is -2.17. The third-order valence-electron chi connectivity index (χ3n) is 8.96. The first-order valence-corrected chi connectivity index (χ1v) is 14.8. The molecule has 0 N–H and O–H groups in total. The van der Waals surface area contributed by atoms with E-state index in [1.807, 2.05) is 66.9 Å². The minimum Gasteiger partial charge on any atom is -0.277 e. The molecule has 1 aliphatic rings. The molecule has 0 fully saturated rings. The van der Waals surface area contributed by atoms with Gasteiger partial charge in [-0.3, -0.25) is 4.57 Å². The van der Waals surface area contributed by atoms with E-state index >= 15 is 0 Å². The molecule has 8 aromatic rings. The number of fused-ring (bicyclic) bond motifs is 8. The number of rotatable bonds is 3. The third kappa shape index (κ3) is 3.51. The molecule has 0 atom stereocenters. The zero-order chi connectivity index (χ0) is 29.4. The maximum absolute atomic E-state index is 5.18. The van der Waals surface area contributed by atoms with E-state index in [0.29, 0.717) is 17.6 Å². The van der Waals surface area contributed by atoms with Crippen molar-refractivity contribution in [3.8, 4) is 39.9 Å². The number of aromatic nitrogens is 6. The predicted octanol–water partition coefficient (Wildman–Crippen LogP) is 8.55. The van der Waals surface area contributed by atoms with Gasteiger partial charge in [0.2, 0.25) is 5.95 Å². The summed E-state index contributed by atoms with van der Waals surface area (Å²) >= 11 is 0. The van der Waals surface area contributed by atoms with Crippen molar-refractivity contribution in [2.75, 3.05) is 0 Å². The average molecular weight is 567 g/mol. The molecule has 0 amide bonds. The van der Waals surface area contributed by atoms with Gasteiger partial charge in [0, 0.05) is 38.9 Å². The van der Waals surface area contributed by atoms with E-state index in [2.05, 4.69) is 76.9 Å². The molecule has 0 bridgehead atoms. The Bertz CT molecular complexity index is 2350. The maximum atomic E-state index is 5.18. The molecule has 3 aromatic heterocycles. The van der Waals surface area contributed by atoms with E-state index in [0.717, 1.165) is 43.8 Å². The van der Waals surface area contributed by atoms with Gasteiger partial charge in [0.1, 0.15) is 6.33 Å². The molecule has 0 saturated heterocycles. The lowest BCUT2D eigenvalue weighted by molar-refractivity contribution is 0.663. The molecule has 44 heavy (non-hydrogen) atoms. The fraction of sp³-hybridized carbons (Fsp3) is 0.0789. The maximum Gasteiger partial charge on any atom is 0.238 e. The summed E-state index contributed by atoms with van der Waals surface area (Å²) in [4.78, 5) is 24.3. The van der Waals surface area contributed by atoms with Gasteiger partial charge in [-0.05, 0) is 34.4 Å². The Kier molecular flexibility index (Phi) is 5.14. The highest BCUT2D eigenvalue weighted by molar-refractivity contribution is 6.15. The van der Waals surface area contributed by atoms with Gasteiger partial charge in [0.05, 0.1) is 16.6 Å². The first-order valence-electron chi connectivity index (χ1n) is 14.8. The van der Waals surface area contributed by atoms with Crippen LogP contribution >= 0.6 is 0 Å². The molecule has 6 heteroatoms. The number of hydrogen-bond donors (Lipinski definition) is 0. The van der Waals surface area contributed by atoms with E-state index in [-0.39, 0.29) is 5.41 Å². The molecular formula is C38H26N6. The van der Waals surface area contributed by atoms with Gasteiger partial charge < -0.3 is 0 Å². The highest BCUT2D eigenvalue weighted by Gasteiger charge is 2.38. The fourth-order valence-corrected chi connectivity index (χ4v) is 6.94. The number of hydrogen-bond acceptors (Lipinski definition) is 5. The minimum absolute atomic E-state index is 0.242. The zero-order valence-corrected chi connectivity index (χ0v) is 24.2. The number of nitrogens with zero attached hydrogens (tertiary/aromatic N) is 6. The van der Waals surface area contributed by atoms with E-state index in [4.69, 9.17) is 15.0 Å². The largest absolute Gasteiger partial charge is 0.277 e.